The molecule has 2 N–H and O–H groups in total. The molecule has 2 rings (SSSR count). The van der Waals surface area contributed by atoms with E-state index in [1.54, 1.807) is 0 Å². The highest BCUT2D eigenvalue weighted by Crippen LogP contribution is 2.23. The number of aryl methyl sites for hydroxylation is 3. The SMILES string of the molecule is CCNC(=NCC(C)c1c(C)noc1C)NCCOc1ccc(C)cc1. The Balaban J connectivity index is 1.83. The molecule has 6 nitrogen and oxygen atoms in total. The predicted octanol–water partition coefficient (Wildman–Crippen LogP) is 3.34. The number of rotatable bonds is 8. The fourth-order valence-corrected chi connectivity index (χ4v) is 2.83. The summed E-state index contributed by atoms with van der Waals surface area (Å²) in [6.45, 7) is 12.9. The highest BCUT2D eigenvalue weighted by Gasteiger charge is 2.16. The second kappa shape index (κ2) is 9.85. The zero-order valence-corrected chi connectivity index (χ0v) is 16.4. The highest BCUT2D eigenvalue weighted by atomic mass is 16.5. The Hall–Kier alpha value is -2.50. The van der Waals surface area contributed by atoms with Crippen LogP contribution in [-0.4, -0.2) is 37.4 Å². The summed E-state index contributed by atoms with van der Waals surface area (Å²) >= 11 is 0. The van der Waals surface area contributed by atoms with Crippen LogP contribution in [0.4, 0.5) is 0 Å². The molecule has 6 heteroatoms. The smallest absolute Gasteiger partial charge is 0.191 e. The predicted molar refractivity (Wildman–Crippen MR) is 105 cm³/mol. The molecule has 0 aliphatic heterocycles. The van der Waals surface area contributed by atoms with Crippen LogP contribution in [0.1, 0.15) is 42.3 Å². The molecule has 0 bridgehead atoms. The summed E-state index contributed by atoms with van der Waals surface area (Å²) < 4.78 is 11.0. The monoisotopic (exact) mass is 358 g/mol. The minimum atomic E-state index is 0.250. The van der Waals surface area contributed by atoms with Crippen LogP contribution in [0.15, 0.2) is 33.8 Å². The van der Waals surface area contributed by atoms with Gasteiger partial charge >= 0.3 is 0 Å². The molecule has 0 amide bonds. The van der Waals surface area contributed by atoms with E-state index in [2.05, 4.69) is 41.6 Å². The van der Waals surface area contributed by atoms with Gasteiger partial charge in [0, 0.05) is 24.6 Å². The van der Waals surface area contributed by atoms with Gasteiger partial charge in [-0.1, -0.05) is 29.8 Å². The molecule has 0 saturated carbocycles. The van der Waals surface area contributed by atoms with Gasteiger partial charge in [0.25, 0.3) is 0 Å². The number of aromatic nitrogens is 1. The topological polar surface area (TPSA) is 71.7 Å². The molecule has 0 fully saturated rings. The standard InChI is InChI=1S/C20H30N4O2/c1-6-21-20(22-11-12-25-18-9-7-14(2)8-10-18)23-13-15(3)19-16(4)24-26-17(19)5/h7-10,15H,6,11-13H2,1-5H3,(H2,21,22,23). The van der Waals surface area contributed by atoms with Gasteiger partial charge in [-0.3, -0.25) is 4.99 Å². The van der Waals surface area contributed by atoms with Crippen LogP contribution in [0.25, 0.3) is 0 Å². The number of guanidine groups is 1. The fraction of sp³-hybridized carbons (Fsp3) is 0.500. The molecule has 1 unspecified atom stereocenters. The van der Waals surface area contributed by atoms with Crippen molar-refractivity contribution < 1.29 is 9.26 Å². The number of ether oxygens (including phenoxy) is 1. The second-order valence-corrected chi connectivity index (χ2v) is 6.45. The van der Waals surface area contributed by atoms with Gasteiger partial charge < -0.3 is 19.9 Å². The molecule has 0 spiro atoms. The van der Waals surface area contributed by atoms with E-state index in [1.807, 2.05) is 38.1 Å². The summed E-state index contributed by atoms with van der Waals surface area (Å²) in [6, 6.07) is 8.06. The van der Waals surface area contributed by atoms with Gasteiger partial charge in [0.1, 0.15) is 18.1 Å². The van der Waals surface area contributed by atoms with Crippen molar-refractivity contribution >= 4 is 5.96 Å². The molecule has 1 heterocycles. The Bertz CT molecular complexity index is 688. The van der Waals surface area contributed by atoms with Crippen LogP contribution in [-0.2, 0) is 0 Å². The molecule has 1 atom stereocenters. The van der Waals surface area contributed by atoms with Crippen molar-refractivity contribution in [3.8, 4) is 5.75 Å². The lowest BCUT2D eigenvalue weighted by Crippen LogP contribution is -2.39. The van der Waals surface area contributed by atoms with Crippen LogP contribution in [0.3, 0.4) is 0 Å². The van der Waals surface area contributed by atoms with Gasteiger partial charge in [-0.15, -0.1) is 0 Å². The van der Waals surface area contributed by atoms with Crippen molar-refractivity contribution in [3.05, 3.63) is 46.8 Å². The molecule has 2 aromatic rings. The molecule has 0 radical (unpaired) electrons. The van der Waals surface area contributed by atoms with Gasteiger partial charge in [0.2, 0.25) is 0 Å². The lowest BCUT2D eigenvalue weighted by Gasteiger charge is -2.14. The Kier molecular flexibility index (Phi) is 7.51. The van der Waals surface area contributed by atoms with Crippen molar-refractivity contribution in [1.82, 2.24) is 15.8 Å². The highest BCUT2D eigenvalue weighted by molar-refractivity contribution is 5.79. The van der Waals surface area contributed by atoms with Gasteiger partial charge in [0.15, 0.2) is 5.96 Å². The van der Waals surface area contributed by atoms with E-state index >= 15 is 0 Å². The Morgan fingerprint density at radius 3 is 2.54 bits per heavy atom. The summed E-state index contributed by atoms with van der Waals surface area (Å²) in [7, 11) is 0. The fourth-order valence-electron chi connectivity index (χ4n) is 2.83. The van der Waals surface area contributed by atoms with E-state index in [0.717, 1.165) is 35.3 Å². The molecular weight excluding hydrogens is 328 g/mol. The zero-order valence-electron chi connectivity index (χ0n) is 16.4. The van der Waals surface area contributed by atoms with Gasteiger partial charge in [-0.05, 0) is 39.8 Å². The maximum Gasteiger partial charge on any atom is 0.191 e. The average molecular weight is 358 g/mol. The quantitative estimate of drug-likeness (QED) is 0.430. The minimum absolute atomic E-state index is 0.250. The van der Waals surface area contributed by atoms with Gasteiger partial charge in [-0.25, -0.2) is 0 Å². The summed E-state index contributed by atoms with van der Waals surface area (Å²) in [4.78, 5) is 4.68. The van der Waals surface area contributed by atoms with E-state index in [4.69, 9.17) is 9.26 Å². The van der Waals surface area contributed by atoms with E-state index < -0.39 is 0 Å². The molecule has 0 saturated heterocycles. The Morgan fingerprint density at radius 1 is 1.19 bits per heavy atom. The lowest BCUT2D eigenvalue weighted by atomic mass is 10.00. The van der Waals surface area contributed by atoms with Crippen molar-refractivity contribution in [1.29, 1.82) is 0 Å². The maximum absolute atomic E-state index is 5.74. The van der Waals surface area contributed by atoms with Gasteiger partial charge in [-0.2, -0.15) is 0 Å². The summed E-state index contributed by atoms with van der Waals surface area (Å²) in [5.41, 5.74) is 3.31. The van der Waals surface area contributed by atoms with Crippen LogP contribution in [0, 0.1) is 20.8 Å². The number of aliphatic imine (C=N–C) groups is 1. The van der Waals surface area contributed by atoms with Crippen LogP contribution >= 0.6 is 0 Å². The third-order valence-corrected chi connectivity index (χ3v) is 4.13. The van der Waals surface area contributed by atoms with Crippen molar-refractivity contribution in [3.63, 3.8) is 0 Å². The van der Waals surface area contributed by atoms with E-state index in [1.165, 1.54) is 5.56 Å². The first-order valence-electron chi connectivity index (χ1n) is 9.15. The first kappa shape index (κ1) is 19.8. The third kappa shape index (κ3) is 5.79. The molecule has 0 aliphatic carbocycles. The Labute approximate surface area is 156 Å². The number of nitrogens with zero attached hydrogens (tertiary/aromatic N) is 2. The molecule has 1 aromatic heterocycles. The normalized spacial score (nSPS) is 12.7. The molecule has 142 valence electrons. The first-order chi connectivity index (χ1) is 12.5. The number of benzene rings is 1. The number of hydrogen-bond donors (Lipinski definition) is 2. The molecular formula is C20H30N4O2. The maximum atomic E-state index is 5.74. The first-order valence-corrected chi connectivity index (χ1v) is 9.15. The van der Waals surface area contributed by atoms with Crippen LogP contribution < -0.4 is 15.4 Å². The van der Waals surface area contributed by atoms with Gasteiger partial charge in [0.05, 0.1) is 12.2 Å². The zero-order chi connectivity index (χ0) is 18.9. The summed E-state index contributed by atoms with van der Waals surface area (Å²) in [5, 5.41) is 10.6. The number of hydrogen-bond acceptors (Lipinski definition) is 4. The van der Waals surface area contributed by atoms with E-state index in [-0.39, 0.29) is 5.92 Å². The summed E-state index contributed by atoms with van der Waals surface area (Å²) in [5.74, 6) is 2.79. The third-order valence-electron chi connectivity index (χ3n) is 4.13. The molecule has 26 heavy (non-hydrogen) atoms. The minimum Gasteiger partial charge on any atom is -0.492 e. The van der Waals surface area contributed by atoms with Crippen LogP contribution in [0.2, 0.25) is 0 Å². The van der Waals surface area contributed by atoms with Crippen molar-refractivity contribution in [2.24, 2.45) is 4.99 Å². The van der Waals surface area contributed by atoms with E-state index in [0.29, 0.717) is 19.7 Å². The molecule has 0 aliphatic rings. The Morgan fingerprint density at radius 2 is 1.92 bits per heavy atom. The van der Waals surface area contributed by atoms with Crippen LogP contribution in [0.5, 0.6) is 5.75 Å². The summed E-state index contributed by atoms with van der Waals surface area (Å²) in [6.07, 6.45) is 0. The van der Waals surface area contributed by atoms with Crippen molar-refractivity contribution in [2.45, 2.75) is 40.5 Å². The second-order valence-electron chi connectivity index (χ2n) is 6.45. The largest absolute Gasteiger partial charge is 0.492 e. The van der Waals surface area contributed by atoms with E-state index in [9.17, 15) is 0 Å². The molecule has 1 aromatic carbocycles. The average Bonchev–Trinajstić information content (AvgIpc) is 2.96. The number of nitrogens with one attached hydrogen (secondary N) is 2. The lowest BCUT2D eigenvalue weighted by molar-refractivity contribution is 0.322. The van der Waals surface area contributed by atoms with Crippen molar-refractivity contribution in [2.75, 3.05) is 26.2 Å².